The van der Waals surface area contributed by atoms with Gasteiger partial charge < -0.3 is 15.6 Å². The van der Waals surface area contributed by atoms with E-state index >= 15 is 0 Å². The fourth-order valence-corrected chi connectivity index (χ4v) is 1.78. The number of carboxylic acids is 1. The fraction of sp³-hybridized carbons (Fsp3) is 0.500. The van der Waals surface area contributed by atoms with E-state index in [0.29, 0.717) is 12.2 Å². The Morgan fingerprint density at radius 2 is 2.17 bits per heavy atom. The van der Waals surface area contributed by atoms with Gasteiger partial charge in [0.05, 0.1) is 0 Å². The molecule has 0 aliphatic carbocycles. The minimum absolute atomic E-state index is 0.184. The van der Waals surface area contributed by atoms with Crippen LogP contribution in [0.15, 0.2) is 18.2 Å². The first-order valence-electron chi connectivity index (χ1n) is 6.21. The molecule has 100 valence electrons. The second kappa shape index (κ2) is 6.40. The van der Waals surface area contributed by atoms with Crippen molar-refractivity contribution in [2.45, 2.75) is 45.8 Å². The maximum absolute atomic E-state index is 11.1. The van der Waals surface area contributed by atoms with Crippen molar-refractivity contribution in [3.63, 3.8) is 0 Å². The molecule has 0 saturated heterocycles. The Kier molecular flexibility index (Phi) is 5.16. The SMILES string of the molecule is CCCC(Oc1ccc(C)cc1[C@@H](C)N)C(=O)O. The molecule has 1 rings (SSSR count). The summed E-state index contributed by atoms with van der Waals surface area (Å²) in [6.45, 7) is 5.76. The van der Waals surface area contributed by atoms with Crippen LogP contribution in [0.2, 0.25) is 0 Å². The van der Waals surface area contributed by atoms with Gasteiger partial charge in [-0.15, -0.1) is 0 Å². The van der Waals surface area contributed by atoms with Gasteiger partial charge in [0.15, 0.2) is 6.10 Å². The standard InChI is InChI=1S/C14H21NO3/c1-4-5-13(14(16)17)18-12-7-6-9(2)8-11(12)10(3)15/h6-8,10,13H,4-5,15H2,1-3H3,(H,16,17)/t10-,13?/m1/s1. The first-order chi connectivity index (χ1) is 8.45. The molecule has 0 saturated carbocycles. The Hall–Kier alpha value is -1.55. The zero-order chi connectivity index (χ0) is 13.7. The maximum atomic E-state index is 11.1. The summed E-state index contributed by atoms with van der Waals surface area (Å²) in [5.74, 6) is -0.371. The minimum atomic E-state index is -0.937. The van der Waals surface area contributed by atoms with Gasteiger partial charge in [-0.2, -0.15) is 0 Å². The summed E-state index contributed by atoms with van der Waals surface area (Å²) >= 11 is 0. The van der Waals surface area contributed by atoms with E-state index < -0.39 is 12.1 Å². The highest BCUT2D eigenvalue weighted by molar-refractivity contribution is 5.72. The normalized spacial score (nSPS) is 14.0. The van der Waals surface area contributed by atoms with Crippen LogP contribution in [0.5, 0.6) is 5.75 Å². The average molecular weight is 251 g/mol. The highest BCUT2D eigenvalue weighted by Gasteiger charge is 2.20. The Morgan fingerprint density at radius 1 is 1.50 bits per heavy atom. The van der Waals surface area contributed by atoms with E-state index in [-0.39, 0.29) is 6.04 Å². The first kappa shape index (κ1) is 14.5. The number of aliphatic carboxylic acids is 1. The Morgan fingerprint density at radius 3 is 2.67 bits per heavy atom. The number of hydrogen-bond acceptors (Lipinski definition) is 3. The molecule has 0 aliphatic rings. The summed E-state index contributed by atoms with van der Waals surface area (Å²) in [6.07, 6.45) is 0.438. The molecule has 0 aromatic heterocycles. The van der Waals surface area contributed by atoms with Crippen LogP contribution in [-0.4, -0.2) is 17.2 Å². The van der Waals surface area contributed by atoms with Gasteiger partial charge in [0.1, 0.15) is 5.75 Å². The van der Waals surface area contributed by atoms with Gasteiger partial charge in [0.2, 0.25) is 0 Å². The number of nitrogens with two attached hydrogens (primary N) is 1. The van der Waals surface area contributed by atoms with Crippen LogP contribution in [0.1, 0.15) is 43.9 Å². The monoisotopic (exact) mass is 251 g/mol. The number of aryl methyl sites for hydroxylation is 1. The fourth-order valence-electron chi connectivity index (χ4n) is 1.78. The van der Waals surface area contributed by atoms with Gasteiger partial charge in [-0.25, -0.2) is 4.79 Å². The number of carbonyl (C=O) groups is 1. The minimum Gasteiger partial charge on any atom is -0.479 e. The lowest BCUT2D eigenvalue weighted by Gasteiger charge is -2.19. The lowest BCUT2D eigenvalue weighted by atomic mass is 10.0. The van der Waals surface area contributed by atoms with Crippen LogP contribution < -0.4 is 10.5 Å². The summed E-state index contributed by atoms with van der Waals surface area (Å²) in [7, 11) is 0. The molecular formula is C14H21NO3. The van der Waals surface area contributed by atoms with Crippen molar-refractivity contribution in [2.24, 2.45) is 5.73 Å². The molecule has 0 bridgehead atoms. The zero-order valence-electron chi connectivity index (χ0n) is 11.1. The zero-order valence-corrected chi connectivity index (χ0v) is 11.1. The number of benzene rings is 1. The van der Waals surface area contributed by atoms with Crippen LogP contribution in [-0.2, 0) is 4.79 Å². The van der Waals surface area contributed by atoms with Gasteiger partial charge in [-0.05, 0) is 26.3 Å². The molecule has 0 fully saturated rings. The Balaban J connectivity index is 2.98. The largest absolute Gasteiger partial charge is 0.479 e. The van der Waals surface area contributed by atoms with E-state index in [0.717, 1.165) is 17.5 Å². The predicted molar refractivity (Wildman–Crippen MR) is 70.7 cm³/mol. The van der Waals surface area contributed by atoms with E-state index in [1.54, 1.807) is 6.07 Å². The highest BCUT2D eigenvalue weighted by Crippen LogP contribution is 2.26. The van der Waals surface area contributed by atoms with Gasteiger partial charge in [-0.3, -0.25) is 0 Å². The molecule has 18 heavy (non-hydrogen) atoms. The van der Waals surface area contributed by atoms with Crippen molar-refractivity contribution < 1.29 is 14.6 Å². The molecule has 1 unspecified atom stereocenters. The Bertz CT molecular complexity index is 416. The van der Waals surface area contributed by atoms with Crippen molar-refractivity contribution >= 4 is 5.97 Å². The Labute approximate surface area is 108 Å². The number of rotatable bonds is 6. The lowest BCUT2D eigenvalue weighted by molar-refractivity contribution is -0.145. The second-order valence-corrected chi connectivity index (χ2v) is 4.56. The molecule has 0 amide bonds. The van der Waals surface area contributed by atoms with Crippen LogP contribution >= 0.6 is 0 Å². The average Bonchev–Trinajstić information content (AvgIpc) is 2.30. The summed E-state index contributed by atoms with van der Waals surface area (Å²) in [6, 6.07) is 5.44. The molecule has 1 aromatic carbocycles. The first-order valence-corrected chi connectivity index (χ1v) is 6.21. The van der Waals surface area contributed by atoms with Gasteiger partial charge in [0, 0.05) is 11.6 Å². The summed E-state index contributed by atoms with van der Waals surface area (Å²) in [5.41, 5.74) is 7.81. The molecule has 4 nitrogen and oxygen atoms in total. The maximum Gasteiger partial charge on any atom is 0.344 e. The van der Waals surface area contributed by atoms with Crippen molar-refractivity contribution in [3.05, 3.63) is 29.3 Å². The molecular weight excluding hydrogens is 230 g/mol. The second-order valence-electron chi connectivity index (χ2n) is 4.56. The van der Waals surface area contributed by atoms with Gasteiger partial charge in [0.25, 0.3) is 0 Å². The van der Waals surface area contributed by atoms with E-state index in [4.69, 9.17) is 15.6 Å². The van der Waals surface area contributed by atoms with E-state index in [1.165, 1.54) is 0 Å². The molecule has 0 heterocycles. The van der Waals surface area contributed by atoms with Crippen LogP contribution in [0.3, 0.4) is 0 Å². The molecule has 1 aromatic rings. The predicted octanol–water partition coefficient (Wildman–Crippen LogP) is 2.65. The summed E-state index contributed by atoms with van der Waals surface area (Å²) in [4.78, 5) is 11.1. The van der Waals surface area contributed by atoms with E-state index in [2.05, 4.69) is 0 Å². The molecule has 0 aliphatic heterocycles. The van der Waals surface area contributed by atoms with Crippen molar-refractivity contribution in [1.82, 2.24) is 0 Å². The van der Waals surface area contributed by atoms with Crippen molar-refractivity contribution in [3.8, 4) is 5.75 Å². The van der Waals surface area contributed by atoms with E-state index in [1.807, 2.05) is 32.9 Å². The highest BCUT2D eigenvalue weighted by atomic mass is 16.5. The molecule has 3 N–H and O–H groups in total. The molecule has 0 radical (unpaired) electrons. The summed E-state index contributed by atoms with van der Waals surface area (Å²) in [5, 5.41) is 9.09. The molecule has 4 heteroatoms. The third-order valence-electron chi connectivity index (χ3n) is 2.75. The van der Waals surface area contributed by atoms with Gasteiger partial charge >= 0.3 is 5.97 Å². The van der Waals surface area contributed by atoms with Crippen LogP contribution in [0, 0.1) is 6.92 Å². The lowest BCUT2D eigenvalue weighted by Crippen LogP contribution is -2.27. The van der Waals surface area contributed by atoms with Crippen molar-refractivity contribution in [2.75, 3.05) is 0 Å². The van der Waals surface area contributed by atoms with Crippen LogP contribution in [0.25, 0.3) is 0 Å². The molecule has 2 atom stereocenters. The number of ether oxygens (including phenoxy) is 1. The van der Waals surface area contributed by atoms with Gasteiger partial charge in [-0.1, -0.05) is 31.0 Å². The number of hydrogen-bond donors (Lipinski definition) is 2. The third kappa shape index (κ3) is 3.74. The van der Waals surface area contributed by atoms with Crippen LogP contribution in [0.4, 0.5) is 0 Å². The summed E-state index contributed by atoms with van der Waals surface area (Å²) < 4.78 is 5.58. The number of carboxylic acid groups (broad SMARTS) is 1. The molecule has 0 spiro atoms. The third-order valence-corrected chi connectivity index (χ3v) is 2.75. The smallest absolute Gasteiger partial charge is 0.344 e. The topological polar surface area (TPSA) is 72.5 Å². The quantitative estimate of drug-likeness (QED) is 0.815. The van der Waals surface area contributed by atoms with E-state index in [9.17, 15) is 4.79 Å². The van der Waals surface area contributed by atoms with Crippen molar-refractivity contribution in [1.29, 1.82) is 0 Å².